The van der Waals surface area contributed by atoms with E-state index in [1.807, 2.05) is 48.5 Å². The second-order valence-corrected chi connectivity index (χ2v) is 10.9. The third-order valence-corrected chi connectivity index (χ3v) is 7.24. The van der Waals surface area contributed by atoms with Crippen LogP contribution in [0.5, 0.6) is 0 Å². The van der Waals surface area contributed by atoms with E-state index in [-0.39, 0.29) is 18.4 Å². The molecule has 1 aliphatic heterocycles. The van der Waals surface area contributed by atoms with Crippen LogP contribution in [0.4, 0.5) is 17.1 Å². The number of likely N-dealkylation sites (N-methyl/N-ethyl adjacent to an activating group) is 1. The van der Waals surface area contributed by atoms with E-state index in [0.29, 0.717) is 23.6 Å². The number of fused-ring (bicyclic) bond motifs is 1. The third-order valence-electron chi connectivity index (χ3n) is 6.10. The van der Waals surface area contributed by atoms with Crippen molar-refractivity contribution in [3.8, 4) is 0 Å². The lowest BCUT2D eigenvalue weighted by Crippen LogP contribution is -2.39. The van der Waals surface area contributed by atoms with Crippen molar-refractivity contribution in [1.82, 2.24) is 4.90 Å². The first-order chi connectivity index (χ1) is 17.6. The highest BCUT2D eigenvalue weighted by molar-refractivity contribution is 7.92. The molecule has 3 aromatic carbocycles. The van der Waals surface area contributed by atoms with Crippen LogP contribution < -0.4 is 15.4 Å². The number of rotatable bonds is 8. The van der Waals surface area contributed by atoms with Gasteiger partial charge in [-0.1, -0.05) is 48.5 Å². The Bertz CT molecular complexity index is 1470. The van der Waals surface area contributed by atoms with Crippen LogP contribution in [0.25, 0.3) is 0 Å². The molecule has 37 heavy (non-hydrogen) atoms. The van der Waals surface area contributed by atoms with Gasteiger partial charge in [0.2, 0.25) is 21.8 Å². The Hall–Kier alpha value is -4.02. The first kappa shape index (κ1) is 26.1. The smallest absolute Gasteiger partial charge is 0.242 e. The van der Waals surface area contributed by atoms with Gasteiger partial charge in [-0.15, -0.1) is 0 Å². The van der Waals surface area contributed by atoms with E-state index in [0.717, 1.165) is 32.9 Å². The van der Waals surface area contributed by atoms with E-state index in [2.05, 4.69) is 5.32 Å². The first-order valence-corrected chi connectivity index (χ1v) is 13.5. The van der Waals surface area contributed by atoms with E-state index in [4.69, 9.17) is 10.7 Å². The Balaban J connectivity index is 1.83. The Labute approximate surface area is 216 Å². The maximum Gasteiger partial charge on any atom is 0.242 e. The first-order valence-electron chi connectivity index (χ1n) is 11.6. The highest BCUT2D eigenvalue weighted by Gasteiger charge is 2.35. The molecule has 0 radical (unpaired) electrons. The van der Waals surface area contributed by atoms with Gasteiger partial charge in [-0.3, -0.25) is 18.9 Å². The van der Waals surface area contributed by atoms with Gasteiger partial charge >= 0.3 is 0 Å². The van der Waals surface area contributed by atoms with Gasteiger partial charge in [0.25, 0.3) is 0 Å². The highest BCUT2D eigenvalue weighted by atomic mass is 32.2. The molecule has 1 atom stereocenters. The lowest BCUT2D eigenvalue weighted by atomic mass is 9.90. The number of benzene rings is 3. The van der Waals surface area contributed by atoms with Crippen molar-refractivity contribution in [1.29, 1.82) is 0 Å². The minimum absolute atomic E-state index is 0.201. The molecule has 9 nitrogen and oxygen atoms in total. The SMILES string of the molecule is CN(C)C(=O)CN(c1cccc(N=C(c2ccc(CN)cc2)C2C(=O)Nc3ccccc32)c1)S(C)(=O)=O. The average molecular weight is 520 g/mol. The Kier molecular flexibility index (Phi) is 7.42. The Morgan fingerprint density at radius 3 is 2.38 bits per heavy atom. The normalized spacial score (nSPS) is 15.2. The molecule has 1 heterocycles. The van der Waals surface area contributed by atoms with Gasteiger partial charge < -0.3 is 16.0 Å². The number of sulfonamides is 1. The van der Waals surface area contributed by atoms with Crippen molar-refractivity contribution >= 4 is 44.6 Å². The number of nitrogens with two attached hydrogens (primary N) is 1. The molecular weight excluding hydrogens is 490 g/mol. The maximum atomic E-state index is 13.1. The lowest BCUT2D eigenvalue weighted by molar-refractivity contribution is -0.127. The number of amides is 2. The fourth-order valence-electron chi connectivity index (χ4n) is 4.11. The quantitative estimate of drug-likeness (QED) is 0.443. The van der Waals surface area contributed by atoms with E-state index in [9.17, 15) is 18.0 Å². The van der Waals surface area contributed by atoms with Gasteiger partial charge in [-0.2, -0.15) is 0 Å². The number of para-hydroxylation sites is 1. The fourth-order valence-corrected chi connectivity index (χ4v) is 4.95. The van der Waals surface area contributed by atoms with Crippen LogP contribution in [0.1, 0.15) is 22.6 Å². The molecule has 1 unspecified atom stereocenters. The molecule has 192 valence electrons. The van der Waals surface area contributed by atoms with Crippen molar-refractivity contribution in [2.24, 2.45) is 10.7 Å². The number of carbonyl (C=O) groups excluding carboxylic acids is 2. The van der Waals surface area contributed by atoms with E-state index in [1.165, 1.54) is 4.90 Å². The van der Waals surface area contributed by atoms with Crippen LogP contribution in [-0.2, 0) is 26.2 Å². The van der Waals surface area contributed by atoms with Gasteiger partial charge in [0, 0.05) is 26.3 Å². The molecule has 1 aliphatic rings. The van der Waals surface area contributed by atoms with Gasteiger partial charge in [0.15, 0.2) is 0 Å². The predicted molar refractivity (Wildman–Crippen MR) is 146 cm³/mol. The second kappa shape index (κ2) is 10.5. The molecule has 0 saturated heterocycles. The number of aliphatic imine (C=N–C) groups is 1. The molecule has 0 saturated carbocycles. The minimum atomic E-state index is -3.75. The average Bonchev–Trinajstić information content (AvgIpc) is 3.20. The number of carbonyl (C=O) groups is 2. The molecule has 4 rings (SSSR count). The monoisotopic (exact) mass is 519 g/mol. The van der Waals surface area contributed by atoms with Crippen LogP contribution in [0, 0.1) is 0 Å². The standard InChI is InChI=1S/C27H29N5O4S/c1-31(2)24(33)17-32(37(3,35)36)21-8-6-7-20(15-21)29-26(19-13-11-18(16-28)12-14-19)25-22-9-4-5-10-23(22)30-27(25)34/h4-15,25H,16-17,28H2,1-3H3,(H,30,34). The van der Waals surface area contributed by atoms with Crippen molar-refractivity contribution in [2.75, 3.05) is 36.5 Å². The molecule has 0 spiro atoms. The Morgan fingerprint density at radius 1 is 1.03 bits per heavy atom. The van der Waals surface area contributed by atoms with Gasteiger partial charge in [0.05, 0.1) is 23.3 Å². The number of nitrogens with one attached hydrogen (secondary N) is 1. The van der Waals surface area contributed by atoms with Crippen molar-refractivity contribution < 1.29 is 18.0 Å². The summed E-state index contributed by atoms with van der Waals surface area (Å²) in [7, 11) is -0.623. The molecule has 0 fully saturated rings. The van der Waals surface area contributed by atoms with Crippen LogP contribution >= 0.6 is 0 Å². The summed E-state index contributed by atoms with van der Waals surface area (Å²) in [6.07, 6.45) is 1.05. The summed E-state index contributed by atoms with van der Waals surface area (Å²) in [5, 5.41) is 2.92. The molecule has 2 amide bonds. The number of hydrogen-bond acceptors (Lipinski definition) is 6. The van der Waals surface area contributed by atoms with Crippen molar-refractivity contribution in [3.05, 3.63) is 89.5 Å². The van der Waals surface area contributed by atoms with Gasteiger partial charge in [0.1, 0.15) is 12.5 Å². The zero-order valence-electron chi connectivity index (χ0n) is 20.9. The third kappa shape index (κ3) is 5.71. The molecule has 0 aliphatic carbocycles. The summed E-state index contributed by atoms with van der Waals surface area (Å²) in [6.45, 7) is 0.0410. The summed E-state index contributed by atoms with van der Waals surface area (Å²) >= 11 is 0. The molecular formula is C27H29N5O4S. The zero-order chi connectivity index (χ0) is 26.7. The Morgan fingerprint density at radius 2 is 1.73 bits per heavy atom. The summed E-state index contributed by atoms with van der Waals surface area (Å²) in [6, 6.07) is 21.6. The summed E-state index contributed by atoms with van der Waals surface area (Å²) in [5.74, 6) is -1.22. The molecule has 3 N–H and O–H groups in total. The van der Waals surface area contributed by atoms with Crippen LogP contribution in [-0.4, -0.2) is 57.7 Å². The molecule has 10 heteroatoms. The van der Waals surface area contributed by atoms with Crippen molar-refractivity contribution in [2.45, 2.75) is 12.5 Å². The number of nitrogens with zero attached hydrogens (tertiary/aromatic N) is 3. The largest absolute Gasteiger partial charge is 0.347 e. The van der Waals surface area contributed by atoms with E-state index < -0.39 is 15.9 Å². The van der Waals surface area contributed by atoms with E-state index in [1.54, 1.807) is 38.4 Å². The molecule has 0 bridgehead atoms. The number of anilines is 2. The van der Waals surface area contributed by atoms with E-state index >= 15 is 0 Å². The molecule has 3 aromatic rings. The van der Waals surface area contributed by atoms with Gasteiger partial charge in [-0.25, -0.2) is 8.42 Å². The summed E-state index contributed by atoms with van der Waals surface area (Å²) in [4.78, 5) is 31.6. The summed E-state index contributed by atoms with van der Waals surface area (Å²) < 4.78 is 26.1. The van der Waals surface area contributed by atoms with Crippen LogP contribution in [0.3, 0.4) is 0 Å². The molecule has 0 aromatic heterocycles. The van der Waals surface area contributed by atoms with Crippen molar-refractivity contribution in [3.63, 3.8) is 0 Å². The number of hydrogen-bond donors (Lipinski definition) is 2. The zero-order valence-corrected chi connectivity index (χ0v) is 21.7. The topological polar surface area (TPSA) is 125 Å². The lowest BCUT2D eigenvalue weighted by Gasteiger charge is -2.23. The predicted octanol–water partition coefficient (Wildman–Crippen LogP) is 2.86. The van der Waals surface area contributed by atoms with Crippen LogP contribution in [0.15, 0.2) is 77.8 Å². The van der Waals surface area contributed by atoms with Crippen LogP contribution in [0.2, 0.25) is 0 Å². The maximum absolute atomic E-state index is 13.1. The van der Waals surface area contributed by atoms with Gasteiger partial charge in [-0.05, 0) is 41.0 Å². The fraction of sp³-hybridized carbons (Fsp3) is 0.222. The second-order valence-electron chi connectivity index (χ2n) is 8.99. The highest BCUT2D eigenvalue weighted by Crippen LogP contribution is 2.36. The summed E-state index contributed by atoms with van der Waals surface area (Å²) in [5.41, 5.74) is 10.2. The minimum Gasteiger partial charge on any atom is -0.347 e.